The van der Waals surface area contributed by atoms with Gasteiger partial charge in [-0.3, -0.25) is 9.69 Å². The van der Waals surface area contributed by atoms with Crippen molar-refractivity contribution in [3.63, 3.8) is 0 Å². The van der Waals surface area contributed by atoms with Crippen molar-refractivity contribution in [2.45, 2.75) is 49.6 Å². The topological polar surface area (TPSA) is 23.6 Å². The van der Waals surface area contributed by atoms with Gasteiger partial charge in [0.2, 0.25) is 5.91 Å². The van der Waals surface area contributed by atoms with Gasteiger partial charge in [0.25, 0.3) is 0 Å². The Morgan fingerprint density at radius 2 is 2.05 bits per heavy atom. The van der Waals surface area contributed by atoms with E-state index in [-0.39, 0.29) is 25.4 Å². The van der Waals surface area contributed by atoms with E-state index in [0.717, 1.165) is 19.3 Å². The van der Waals surface area contributed by atoms with E-state index < -0.39 is 12.1 Å². The predicted octanol–water partition coefficient (Wildman–Crippen LogP) is 3.00. The number of carbonyl (C=O) groups is 1. The summed E-state index contributed by atoms with van der Waals surface area (Å²) in [5, 5.41) is 0.646. The molecule has 0 bridgehead atoms. The van der Waals surface area contributed by atoms with Crippen molar-refractivity contribution < 1.29 is 18.0 Å². The third kappa shape index (κ3) is 4.54. The Balaban J connectivity index is 1.84. The van der Waals surface area contributed by atoms with E-state index in [1.807, 2.05) is 23.7 Å². The van der Waals surface area contributed by atoms with Gasteiger partial charge < -0.3 is 4.90 Å². The van der Waals surface area contributed by atoms with E-state index in [0.29, 0.717) is 24.3 Å². The van der Waals surface area contributed by atoms with Crippen molar-refractivity contribution in [2.24, 2.45) is 5.92 Å². The highest BCUT2D eigenvalue weighted by Gasteiger charge is 2.42. The number of piperidine rings is 1. The van der Waals surface area contributed by atoms with Gasteiger partial charge in [-0.25, -0.2) is 0 Å². The quantitative estimate of drug-likeness (QED) is 0.787. The minimum Gasteiger partial charge on any atom is -0.341 e. The summed E-state index contributed by atoms with van der Waals surface area (Å²) < 4.78 is 38.5. The van der Waals surface area contributed by atoms with Gasteiger partial charge in [0.05, 0.1) is 12.5 Å². The van der Waals surface area contributed by atoms with Gasteiger partial charge in [0.15, 0.2) is 0 Å². The third-order valence-corrected chi connectivity index (χ3v) is 6.03. The van der Waals surface area contributed by atoms with Crippen molar-refractivity contribution in [3.05, 3.63) is 0 Å². The average Bonchev–Trinajstić information content (AvgIpc) is 2.95. The normalized spacial score (nSPS) is 30.1. The largest absolute Gasteiger partial charge is 0.393 e. The van der Waals surface area contributed by atoms with Crippen molar-refractivity contribution in [1.82, 2.24) is 9.80 Å². The molecule has 1 aliphatic carbocycles. The standard InChI is InChI=1S/C15H25F3N2OS/c1-19(12-5-6-13(8-12)22-2)10-14(21)20-7-3-4-11(9-20)15(16,17)18/h11-13H,3-10H2,1-2H3/t11-,12-,13-/m1/s1. The van der Waals surface area contributed by atoms with Crippen molar-refractivity contribution in [2.75, 3.05) is 32.9 Å². The van der Waals surface area contributed by atoms with Crippen LogP contribution in [0.1, 0.15) is 32.1 Å². The zero-order valence-corrected chi connectivity index (χ0v) is 14.1. The van der Waals surface area contributed by atoms with Crippen LogP contribution >= 0.6 is 11.8 Å². The first-order chi connectivity index (χ1) is 10.3. The lowest BCUT2D eigenvalue weighted by atomic mass is 9.97. The van der Waals surface area contributed by atoms with Crippen LogP contribution in [0.2, 0.25) is 0 Å². The van der Waals surface area contributed by atoms with Crippen molar-refractivity contribution in [3.8, 4) is 0 Å². The molecule has 3 atom stereocenters. The molecule has 3 nitrogen and oxygen atoms in total. The smallest absolute Gasteiger partial charge is 0.341 e. The highest BCUT2D eigenvalue weighted by atomic mass is 32.2. The van der Waals surface area contributed by atoms with E-state index in [2.05, 4.69) is 6.26 Å². The van der Waals surface area contributed by atoms with E-state index in [1.165, 1.54) is 4.90 Å². The Morgan fingerprint density at radius 1 is 1.32 bits per heavy atom. The monoisotopic (exact) mass is 338 g/mol. The molecule has 2 aliphatic rings. The number of halogens is 3. The first-order valence-corrected chi connectivity index (χ1v) is 9.17. The molecule has 1 saturated carbocycles. The van der Waals surface area contributed by atoms with Crippen LogP contribution in [0.4, 0.5) is 13.2 Å². The van der Waals surface area contributed by atoms with Crippen LogP contribution < -0.4 is 0 Å². The number of likely N-dealkylation sites (tertiary alicyclic amines) is 1. The van der Waals surface area contributed by atoms with Gasteiger partial charge in [0.1, 0.15) is 0 Å². The summed E-state index contributed by atoms with van der Waals surface area (Å²) in [5.74, 6) is -1.52. The third-order valence-electron chi connectivity index (χ3n) is 4.94. The Hall–Kier alpha value is -0.430. The summed E-state index contributed by atoms with van der Waals surface area (Å²) in [6, 6.07) is 0.379. The molecule has 0 radical (unpaired) electrons. The maximum absolute atomic E-state index is 12.8. The summed E-state index contributed by atoms with van der Waals surface area (Å²) >= 11 is 1.86. The van der Waals surface area contributed by atoms with Gasteiger partial charge in [-0.2, -0.15) is 24.9 Å². The number of nitrogens with zero attached hydrogens (tertiary/aromatic N) is 2. The minimum atomic E-state index is -4.19. The molecule has 0 aromatic heterocycles. The lowest BCUT2D eigenvalue weighted by molar-refractivity contribution is -0.188. The average molecular weight is 338 g/mol. The molecule has 7 heteroatoms. The SMILES string of the molecule is CS[C@@H]1CC[C@@H](N(C)CC(=O)N2CCC[C@@H](C(F)(F)F)C2)C1. The van der Waals surface area contributed by atoms with Crippen LogP contribution in [0.3, 0.4) is 0 Å². The van der Waals surface area contributed by atoms with Crippen LogP contribution in [0.25, 0.3) is 0 Å². The summed E-state index contributed by atoms with van der Waals surface area (Å²) in [6.45, 7) is 0.516. The Morgan fingerprint density at radius 3 is 2.64 bits per heavy atom. The fraction of sp³-hybridized carbons (Fsp3) is 0.933. The molecule has 0 spiro atoms. The number of amides is 1. The Kier molecular flexibility index (Phi) is 6.05. The summed E-state index contributed by atoms with van der Waals surface area (Å²) in [5.41, 5.74) is 0. The van der Waals surface area contributed by atoms with Crippen LogP contribution in [0.5, 0.6) is 0 Å². The van der Waals surface area contributed by atoms with E-state index in [4.69, 9.17) is 0 Å². The van der Waals surface area contributed by atoms with E-state index in [9.17, 15) is 18.0 Å². The molecular weight excluding hydrogens is 313 g/mol. The molecule has 0 unspecified atom stereocenters. The lowest BCUT2D eigenvalue weighted by Crippen LogP contribution is -2.48. The van der Waals surface area contributed by atoms with Crippen LogP contribution in [0, 0.1) is 5.92 Å². The molecule has 128 valence electrons. The van der Waals surface area contributed by atoms with Gasteiger partial charge in [-0.15, -0.1) is 0 Å². The molecule has 1 amide bonds. The summed E-state index contributed by atoms with van der Waals surface area (Å²) in [6.07, 6.45) is 1.78. The number of alkyl halides is 3. The van der Waals surface area contributed by atoms with E-state index >= 15 is 0 Å². The summed E-state index contributed by atoms with van der Waals surface area (Å²) in [7, 11) is 1.91. The molecule has 22 heavy (non-hydrogen) atoms. The lowest BCUT2D eigenvalue weighted by Gasteiger charge is -2.35. The molecular formula is C15H25F3N2OS. The fourth-order valence-electron chi connectivity index (χ4n) is 3.45. The number of likely N-dealkylation sites (N-methyl/N-ethyl adjacent to an activating group) is 1. The number of hydrogen-bond donors (Lipinski definition) is 0. The first kappa shape index (κ1) is 17.9. The summed E-state index contributed by atoms with van der Waals surface area (Å²) in [4.78, 5) is 15.7. The first-order valence-electron chi connectivity index (χ1n) is 7.88. The van der Waals surface area contributed by atoms with Crippen LogP contribution in [-0.4, -0.2) is 66.1 Å². The van der Waals surface area contributed by atoms with Crippen molar-refractivity contribution >= 4 is 17.7 Å². The maximum atomic E-state index is 12.8. The molecule has 0 aromatic carbocycles. The highest BCUT2D eigenvalue weighted by Crippen LogP contribution is 2.33. The Bertz CT molecular complexity index is 391. The second-order valence-corrected chi connectivity index (χ2v) is 7.60. The molecule has 0 aromatic rings. The number of thioether (sulfide) groups is 1. The predicted molar refractivity (Wildman–Crippen MR) is 82.9 cm³/mol. The zero-order valence-electron chi connectivity index (χ0n) is 13.2. The number of carbonyl (C=O) groups excluding carboxylic acids is 1. The molecule has 2 fully saturated rings. The van der Waals surface area contributed by atoms with Gasteiger partial charge in [-0.05, 0) is 45.4 Å². The molecule has 1 aliphatic heterocycles. The fourth-order valence-corrected chi connectivity index (χ4v) is 4.23. The highest BCUT2D eigenvalue weighted by molar-refractivity contribution is 7.99. The van der Waals surface area contributed by atoms with E-state index in [1.54, 1.807) is 0 Å². The zero-order chi connectivity index (χ0) is 16.3. The number of rotatable bonds is 4. The van der Waals surface area contributed by atoms with Crippen LogP contribution in [-0.2, 0) is 4.79 Å². The molecule has 0 N–H and O–H groups in total. The van der Waals surface area contributed by atoms with Gasteiger partial charge in [-0.1, -0.05) is 0 Å². The van der Waals surface area contributed by atoms with Gasteiger partial charge in [0, 0.05) is 24.4 Å². The van der Waals surface area contributed by atoms with Crippen molar-refractivity contribution in [1.29, 1.82) is 0 Å². The number of hydrogen-bond acceptors (Lipinski definition) is 3. The maximum Gasteiger partial charge on any atom is 0.393 e. The second-order valence-electron chi connectivity index (χ2n) is 6.46. The molecule has 1 saturated heterocycles. The Labute approximate surface area is 134 Å². The minimum absolute atomic E-state index is 0.140. The molecule has 2 rings (SSSR count). The molecule has 1 heterocycles. The second kappa shape index (κ2) is 7.43. The van der Waals surface area contributed by atoms with Crippen LogP contribution in [0.15, 0.2) is 0 Å². The van der Waals surface area contributed by atoms with Gasteiger partial charge >= 0.3 is 6.18 Å².